The maximum absolute atomic E-state index is 12.4. The summed E-state index contributed by atoms with van der Waals surface area (Å²) in [6.07, 6.45) is 1.84. The number of nitrogens with zero attached hydrogens (tertiary/aromatic N) is 1. The molecule has 0 saturated carbocycles. The molecule has 2 N–H and O–H groups in total. The number of pyridine rings is 1. The maximum atomic E-state index is 12.4. The summed E-state index contributed by atoms with van der Waals surface area (Å²) >= 11 is 0. The van der Waals surface area contributed by atoms with Gasteiger partial charge in [0.15, 0.2) is 0 Å². The van der Waals surface area contributed by atoms with E-state index in [1.165, 1.54) is 20.5 Å². The Labute approximate surface area is 131 Å². The van der Waals surface area contributed by atoms with E-state index in [-0.39, 0.29) is 22.9 Å². The van der Waals surface area contributed by atoms with E-state index in [2.05, 4.69) is 15.6 Å². The van der Waals surface area contributed by atoms with Crippen LogP contribution >= 0.6 is 0 Å². The molecule has 0 radical (unpaired) electrons. The van der Waals surface area contributed by atoms with Crippen molar-refractivity contribution >= 4 is 17.5 Å². The van der Waals surface area contributed by atoms with Gasteiger partial charge in [0.2, 0.25) is 11.8 Å². The summed E-state index contributed by atoms with van der Waals surface area (Å²) in [6.45, 7) is 0.497. The van der Waals surface area contributed by atoms with Crippen molar-refractivity contribution in [2.75, 3.05) is 26.1 Å². The Hall–Kier alpha value is -3.03. The Bertz CT molecular complexity index is 768. The van der Waals surface area contributed by atoms with Gasteiger partial charge >= 0.3 is 0 Å². The summed E-state index contributed by atoms with van der Waals surface area (Å²) in [5, 5.41) is 5.35. The summed E-state index contributed by atoms with van der Waals surface area (Å²) in [4.78, 5) is 28.5. The number of aromatic nitrogens is 1. The predicted molar refractivity (Wildman–Crippen MR) is 80.0 cm³/mol. The molecule has 0 aliphatic carbocycles. The van der Waals surface area contributed by atoms with Gasteiger partial charge in [-0.2, -0.15) is 4.98 Å². The van der Waals surface area contributed by atoms with E-state index in [0.29, 0.717) is 30.3 Å². The fourth-order valence-electron chi connectivity index (χ4n) is 2.35. The lowest BCUT2D eigenvalue weighted by atomic mass is 10.0. The Balaban J connectivity index is 1.88. The Morgan fingerprint density at radius 2 is 2.17 bits per heavy atom. The molecule has 3 heterocycles. The van der Waals surface area contributed by atoms with Crippen LogP contribution in [0.4, 0.5) is 5.69 Å². The van der Waals surface area contributed by atoms with Crippen LogP contribution in [0.15, 0.2) is 22.8 Å². The number of carbonyl (C=O) groups excluding carboxylic acids is 2. The number of carbonyl (C=O) groups is 2. The molecule has 1 aliphatic rings. The smallest absolute Gasteiger partial charge is 0.259 e. The second-order valence-corrected chi connectivity index (χ2v) is 4.82. The lowest BCUT2D eigenvalue weighted by molar-refractivity contribution is 0.0932. The lowest BCUT2D eigenvalue weighted by Crippen LogP contribution is -2.32. The number of rotatable bonds is 4. The van der Waals surface area contributed by atoms with Gasteiger partial charge in [-0.05, 0) is 6.07 Å². The number of hydrogen-bond acceptors (Lipinski definition) is 6. The fraction of sp³-hybridized carbons (Fsp3) is 0.267. The molecule has 1 aliphatic heterocycles. The summed E-state index contributed by atoms with van der Waals surface area (Å²) in [5.74, 6) is 0.292. The van der Waals surface area contributed by atoms with Gasteiger partial charge in [0.1, 0.15) is 17.7 Å². The van der Waals surface area contributed by atoms with E-state index >= 15 is 0 Å². The van der Waals surface area contributed by atoms with Crippen LogP contribution in [0.2, 0.25) is 0 Å². The number of hydrogen-bond donors (Lipinski definition) is 2. The molecule has 3 rings (SSSR count). The number of anilines is 1. The zero-order chi connectivity index (χ0) is 16.4. The van der Waals surface area contributed by atoms with Crippen LogP contribution in [0.1, 0.15) is 26.5 Å². The number of fused-ring (bicyclic) bond motifs is 1. The monoisotopic (exact) mass is 317 g/mol. The van der Waals surface area contributed by atoms with Crippen molar-refractivity contribution in [2.24, 2.45) is 0 Å². The minimum atomic E-state index is -0.475. The third kappa shape index (κ3) is 2.70. The van der Waals surface area contributed by atoms with Crippen LogP contribution in [0.25, 0.3) is 0 Å². The second-order valence-electron chi connectivity index (χ2n) is 4.82. The number of amides is 2. The van der Waals surface area contributed by atoms with Crippen LogP contribution < -0.4 is 20.1 Å². The fourth-order valence-corrected chi connectivity index (χ4v) is 2.35. The van der Waals surface area contributed by atoms with Crippen LogP contribution in [0.3, 0.4) is 0 Å². The molecule has 8 nitrogen and oxygen atoms in total. The van der Waals surface area contributed by atoms with Crippen molar-refractivity contribution < 1.29 is 23.5 Å². The molecular weight excluding hydrogens is 302 g/mol. The van der Waals surface area contributed by atoms with Gasteiger partial charge in [-0.25, -0.2) is 0 Å². The van der Waals surface area contributed by atoms with Gasteiger partial charge in [0.25, 0.3) is 11.8 Å². The maximum Gasteiger partial charge on any atom is 0.259 e. The lowest BCUT2D eigenvalue weighted by Gasteiger charge is -2.13. The van der Waals surface area contributed by atoms with Crippen molar-refractivity contribution in [3.8, 4) is 11.8 Å². The molecule has 23 heavy (non-hydrogen) atoms. The zero-order valence-electron chi connectivity index (χ0n) is 12.6. The molecule has 0 fully saturated rings. The summed E-state index contributed by atoms with van der Waals surface area (Å²) in [5.41, 5.74) is 0.814. The highest BCUT2D eigenvalue weighted by Crippen LogP contribution is 2.27. The van der Waals surface area contributed by atoms with E-state index in [4.69, 9.17) is 13.9 Å². The molecule has 0 aromatic carbocycles. The van der Waals surface area contributed by atoms with Gasteiger partial charge in [-0.3, -0.25) is 9.59 Å². The molecule has 120 valence electrons. The molecule has 0 bridgehead atoms. The molecular formula is C15H15N3O5. The minimum Gasteiger partial charge on any atom is -0.481 e. The number of nitrogens with one attached hydrogen (secondary N) is 2. The SMILES string of the molecule is COc1ccc(NC(=O)c2coc3c2C(=O)NCC3)c(OC)n1. The third-order valence-electron chi connectivity index (χ3n) is 3.46. The van der Waals surface area contributed by atoms with E-state index in [0.717, 1.165) is 0 Å². The van der Waals surface area contributed by atoms with Crippen LogP contribution in [-0.2, 0) is 6.42 Å². The zero-order valence-corrected chi connectivity index (χ0v) is 12.6. The Kier molecular flexibility index (Phi) is 3.88. The first-order chi connectivity index (χ1) is 11.1. The highest BCUT2D eigenvalue weighted by Gasteiger charge is 2.28. The number of ether oxygens (including phenoxy) is 2. The van der Waals surface area contributed by atoms with Crippen molar-refractivity contribution in [3.05, 3.63) is 35.3 Å². The van der Waals surface area contributed by atoms with Gasteiger partial charge in [0.05, 0.1) is 25.3 Å². The van der Waals surface area contributed by atoms with Crippen LogP contribution in [0.5, 0.6) is 11.8 Å². The van der Waals surface area contributed by atoms with Crippen LogP contribution in [-0.4, -0.2) is 37.6 Å². The van der Waals surface area contributed by atoms with Gasteiger partial charge in [0, 0.05) is 19.0 Å². The first-order valence-electron chi connectivity index (χ1n) is 6.93. The quantitative estimate of drug-likeness (QED) is 0.879. The van der Waals surface area contributed by atoms with Crippen molar-refractivity contribution in [1.29, 1.82) is 0 Å². The Morgan fingerprint density at radius 1 is 1.35 bits per heavy atom. The number of furan rings is 1. The normalized spacial score (nSPS) is 13.0. The predicted octanol–water partition coefficient (Wildman–Crippen LogP) is 1.23. The average Bonchev–Trinajstić information content (AvgIpc) is 3.00. The van der Waals surface area contributed by atoms with Crippen molar-refractivity contribution in [3.63, 3.8) is 0 Å². The third-order valence-corrected chi connectivity index (χ3v) is 3.46. The van der Waals surface area contributed by atoms with Crippen molar-refractivity contribution in [2.45, 2.75) is 6.42 Å². The molecule has 0 unspecified atom stereocenters. The standard InChI is InChI=1S/C15H15N3O5/c1-21-11-4-3-9(15(18-11)22-2)17-13(19)8-7-23-10-5-6-16-14(20)12(8)10/h3-4,7H,5-6H2,1-2H3,(H,16,20)(H,17,19). The van der Waals surface area contributed by atoms with E-state index in [1.54, 1.807) is 12.1 Å². The summed E-state index contributed by atoms with van der Waals surface area (Å²) in [7, 11) is 2.92. The molecule has 0 atom stereocenters. The molecule has 8 heteroatoms. The number of methoxy groups -OCH3 is 2. The first-order valence-corrected chi connectivity index (χ1v) is 6.93. The van der Waals surface area contributed by atoms with E-state index in [9.17, 15) is 9.59 Å². The molecule has 0 spiro atoms. The molecule has 2 aromatic heterocycles. The van der Waals surface area contributed by atoms with Gasteiger partial charge in [-0.1, -0.05) is 0 Å². The van der Waals surface area contributed by atoms with Gasteiger partial charge < -0.3 is 24.5 Å². The van der Waals surface area contributed by atoms with Crippen LogP contribution in [0, 0.1) is 0 Å². The largest absolute Gasteiger partial charge is 0.481 e. The molecule has 2 aromatic rings. The average molecular weight is 317 g/mol. The van der Waals surface area contributed by atoms with E-state index < -0.39 is 5.91 Å². The minimum absolute atomic E-state index is 0.176. The van der Waals surface area contributed by atoms with Gasteiger partial charge in [-0.15, -0.1) is 0 Å². The summed E-state index contributed by atoms with van der Waals surface area (Å²) in [6, 6.07) is 3.20. The highest BCUT2D eigenvalue weighted by atomic mass is 16.5. The second kappa shape index (κ2) is 5.99. The molecule has 0 saturated heterocycles. The first kappa shape index (κ1) is 14.9. The topological polar surface area (TPSA) is 103 Å². The van der Waals surface area contributed by atoms with Crippen molar-refractivity contribution in [1.82, 2.24) is 10.3 Å². The summed E-state index contributed by atoms with van der Waals surface area (Å²) < 4.78 is 15.5. The molecule has 2 amide bonds. The highest BCUT2D eigenvalue weighted by molar-refractivity contribution is 6.13. The van der Waals surface area contributed by atoms with E-state index in [1.807, 2.05) is 0 Å². The Morgan fingerprint density at radius 3 is 2.91 bits per heavy atom.